The molecule has 0 spiro atoms. The average Bonchev–Trinajstić information content (AvgIpc) is 3.14. The van der Waals surface area contributed by atoms with Gasteiger partial charge < -0.3 is 14.2 Å². The summed E-state index contributed by atoms with van der Waals surface area (Å²) in [5.74, 6) is 1.06. The highest BCUT2D eigenvalue weighted by molar-refractivity contribution is 5.92. The molecule has 5 rings (SSSR count). The van der Waals surface area contributed by atoms with Gasteiger partial charge in [0.15, 0.2) is 5.82 Å². The van der Waals surface area contributed by atoms with E-state index in [1.807, 2.05) is 61.9 Å². The van der Waals surface area contributed by atoms with E-state index in [1.165, 1.54) is 4.40 Å². The van der Waals surface area contributed by atoms with Crippen molar-refractivity contribution in [2.75, 3.05) is 18.0 Å². The van der Waals surface area contributed by atoms with Gasteiger partial charge >= 0.3 is 0 Å². The lowest BCUT2D eigenvalue weighted by Gasteiger charge is -2.36. The molecule has 1 aliphatic rings. The Hall–Kier alpha value is -3.96. The molecule has 3 aromatic heterocycles. The Kier molecular flexibility index (Phi) is 5.19. The highest BCUT2D eigenvalue weighted by Crippen LogP contribution is 2.26. The third-order valence-electron chi connectivity index (χ3n) is 5.91. The number of hydrogen-bond acceptors (Lipinski definition) is 6. The van der Waals surface area contributed by atoms with Gasteiger partial charge in [-0.05, 0) is 44.2 Å². The normalized spacial score (nSPS) is 19.2. The molecule has 0 N–H and O–H groups in total. The molecule has 1 saturated heterocycles. The first-order valence-electron chi connectivity index (χ1n) is 10.9. The van der Waals surface area contributed by atoms with Crippen LogP contribution in [0.1, 0.15) is 25.2 Å². The Morgan fingerprint density at radius 3 is 2.58 bits per heavy atom. The number of nitrogens with zero attached hydrogens (tertiary/aromatic N) is 6. The second kappa shape index (κ2) is 8.19. The number of nitriles is 1. The monoisotopic (exact) mass is 440 g/mol. The van der Waals surface area contributed by atoms with Crippen molar-refractivity contribution in [2.24, 2.45) is 7.05 Å². The second-order valence-electron chi connectivity index (χ2n) is 8.40. The summed E-state index contributed by atoms with van der Waals surface area (Å²) in [6, 6.07) is 15.4. The van der Waals surface area contributed by atoms with Crippen LogP contribution in [0.3, 0.4) is 0 Å². The number of morpholine rings is 1. The van der Waals surface area contributed by atoms with E-state index < -0.39 is 0 Å². The molecule has 0 saturated carbocycles. The van der Waals surface area contributed by atoms with E-state index in [4.69, 9.17) is 9.72 Å². The van der Waals surface area contributed by atoms with Crippen LogP contribution in [-0.2, 0) is 11.8 Å². The van der Waals surface area contributed by atoms with E-state index in [0.717, 1.165) is 11.0 Å². The first kappa shape index (κ1) is 20.9. The van der Waals surface area contributed by atoms with Gasteiger partial charge in [0.05, 0.1) is 34.4 Å². The Morgan fingerprint density at radius 2 is 1.85 bits per heavy atom. The molecule has 8 heteroatoms. The van der Waals surface area contributed by atoms with E-state index in [2.05, 4.69) is 16.0 Å². The highest BCUT2D eigenvalue weighted by atomic mass is 16.5. The number of para-hydroxylation sites is 2. The van der Waals surface area contributed by atoms with Crippen LogP contribution < -0.4 is 10.5 Å². The number of pyridine rings is 1. The third kappa shape index (κ3) is 3.66. The van der Waals surface area contributed by atoms with Crippen LogP contribution in [0.4, 0.5) is 5.82 Å². The topological polar surface area (TPSA) is 88.5 Å². The summed E-state index contributed by atoms with van der Waals surface area (Å²) < 4.78 is 9.26. The predicted molar refractivity (Wildman–Crippen MR) is 128 cm³/mol. The zero-order valence-electron chi connectivity index (χ0n) is 18.8. The lowest BCUT2D eigenvalue weighted by Crippen LogP contribution is -2.46. The van der Waals surface area contributed by atoms with Crippen molar-refractivity contribution in [1.82, 2.24) is 18.9 Å². The van der Waals surface area contributed by atoms with E-state index in [0.29, 0.717) is 41.5 Å². The number of imidazole rings is 1. The number of fused-ring (bicyclic) bond motifs is 2. The van der Waals surface area contributed by atoms with Crippen LogP contribution in [0, 0.1) is 11.3 Å². The second-order valence-corrected chi connectivity index (χ2v) is 8.40. The van der Waals surface area contributed by atoms with E-state index in [-0.39, 0.29) is 17.8 Å². The van der Waals surface area contributed by atoms with Gasteiger partial charge in [0.1, 0.15) is 17.5 Å². The molecule has 0 radical (unpaired) electrons. The number of hydrogen-bond donors (Lipinski definition) is 0. The maximum absolute atomic E-state index is 13.6. The molecule has 1 fully saturated rings. The summed E-state index contributed by atoms with van der Waals surface area (Å²) in [7, 11) is 1.87. The van der Waals surface area contributed by atoms with E-state index >= 15 is 0 Å². The number of rotatable bonds is 3. The molecule has 166 valence electrons. The van der Waals surface area contributed by atoms with Crippen LogP contribution in [0.25, 0.3) is 28.3 Å². The molecule has 4 heterocycles. The van der Waals surface area contributed by atoms with Crippen molar-refractivity contribution in [1.29, 1.82) is 5.26 Å². The SMILES string of the molecule is CC1CN(c2nc3ccccn3c(=O)c2/C=C(\C#N)c2nc3ccccc3n2C)CC(C)O1. The van der Waals surface area contributed by atoms with Gasteiger partial charge in [-0.15, -0.1) is 0 Å². The summed E-state index contributed by atoms with van der Waals surface area (Å²) in [4.78, 5) is 25.1. The molecule has 4 aromatic rings. The molecule has 1 aromatic carbocycles. The fourth-order valence-corrected chi connectivity index (χ4v) is 4.49. The molecular weight excluding hydrogens is 416 g/mol. The Labute approximate surface area is 191 Å². The summed E-state index contributed by atoms with van der Waals surface area (Å²) in [5, 5.41) is 10.0. The van der Waals surface area contributed by atoms with Gasteiger partial charge in [-0.1, -0.05) is 18.2 Å². The van der Waals surface area contributed by atoms with Gasteiger partial charge in [0, 0.05) is 26.3 Å². The standard InChI is InChI=1S/C25H24N6O2/c1-16-14-30(15-17(2)33-16)24-19(25(32)31-11-7-6-10-22(31)28-24)12-18(13-26)23-27-20-8-4-5-9-21(20)29(23)3/h4-12,16-17H,14-15H2,1-3H3/b18-12+. The smallest absolute Gasteiger partial charge is 0.267 e. The number of anilines is 1. The molecule has 1 aliphatic heterocycles. The number of aryl methyl sites for hydroxylation is 1. The Morgan fingerprint density at radius 1 is 1.12 bits per heavy atom. The minimum atomic E-state index is -0.228. The maximum Gasteiger partial charge on any atom is 0.267 e. The number of aromatic nitrogens is 4. The first-order chi connectivity index (χ1) is 16.0. The van der Waals surface area contributed by atoms with Crippen molar-refractivity contribution in [3.63, 3.8) is 0 Å². The fourth-order valence-electron chi connectivity index (χ4n) is 4.49. The zero-order chi connectivity index (χ0) is 23.1. The van der Waals surface area contributed by atoms with Gasteiger partial charge in [-0.2, -0.15) is 5.26 Å². The largest absolute Gasteiger partial charge is 0.372 e. The molecule has 2 unspecified atom stereocenters. The van der Waals surface area contributed by atoms with Gasteiger partial charge in [0.25, 0.3) is 5.56 Å². The van der Waals surface area contributed by atoms with Crippen LogP contribution in [0.2, 0.25) is 0 Å². The third-order valence-corrected chi connectivity index (χ3v) is 5.91. The van der Waals surface area contributed by atoms with Crippen molar-refractivity contribution in [2.45, 2.75) is 26.1 Å². The number of benzene rings is 1. The molecule has 2 atom stereocenters. The maximum atomic E-state index is 13.6. The van der Waals surface area contributed by atoms with E-state index in [1.54, 1.807) is 18.3 Å². The van der Waals surface area contributed by atoms with Gasteiger partial charge in [-0.25, -0.2) is 9.97 Å². The van der Waals surface area contributed by atoms with Crippen LogP contribution in [-0.4, -0.2) is 44.2 Å². The minimum absolute atomic E-state index is 0.00289. The number of allylic oxidation sites excluding steroid dienone is 1. The molecule has 33 heavy (non-hydrogen) atoms. The molecule has 0 bridgehead atoms. The Balaban J connectivity index is 1.74. The van der Waals surface area contributed by atoms with E-state index in [9.17, 15) is 10.1 Å². The Bertz CT molecular complexity index is 1480. The summed E-state index contributed by atoms with van der Waals surface area (Å²) in [6.07, 6.45) is 3.31. The molecule has 8 nitrogen and oxygen atoms in total. The van der Waals surface area contributed by atoms with Crippen molar-refractivity contribution >= 4 is 34.1 Å². The van der Waals surface area contributed by atoms with Crippen molar-refractivity contribution in [3.05, 3.63) is 70.4 Å². The molecule has 0 amide bonds. The highest BCUT2D eigenvalue weighted by Gasteiger charge is 2.27. The summed E-state index contributed by atoms with van der Waals surface area (Å²) >= 11 is 0. The van der Waals surface area contributed by atoms with Crippen LogP contribution >= 0.6 is 0 Å². The van der Waals surface area contributed by atoms with Crippen LogP contribution in [0.15, 0.2) is 53.5 Å². The minimum Gasteiger partial charge on any atom is -0.372 e. The zero-order valence-corrected chi connectivity index (χ0v) is 18.8. The lowest BCUT2D eigenvalue weighted by atomic mass is 10.1. The van der Waals surface area contributed by atoms with Crippen molar-refractivity contribution < 1.29 is 4.74 Å². The first-order valence-corrected chi connectivity index (χ1v) is 10.9. The fraction of sp³-hybridized carbons (Fsp3) is 0.280. The van der Waals surface area contributed by atoms with Crippen LogP contribution in [0.5, 0.6) is 0 Å². The molecule has 0 aliphatic carbocycles. The summed E-state index contributed by atoms with van der Waals surface area (Å²) in [5.41, 5.74) is 2.71. The molecular formula is C25H24N6O2. The van der Waals surface area contributed by atoms with Crippen molar-refractivity contribution in [3.8, 4) is 6.07 Å². The van der Waals surface area contributed by atoms with Gasteiger partial charge in [-0.3, -0.25) is 9.20 Å². The predicted octanol–water partition coefficient (Wildman–Crippen LogP) is 3.26. The summed E-state index contributed by atoms with van der Waals surface area (Å²) in [6.45, 7) is 5.22. The quantitative estimate of drug-likeness (QED) is 0.455. The lowest BCUT2D eigenvalue weighted by molar-refractivity contribution is -0.00546. The number of ether oxygens (including phenoxy) is 1. The van der Waals surface area contributed by atoms with Gasteiger partial charge in [0.2, 0.25) is 0 Å². The average molecular weight is 441 g/mol.